The number of nitrogens with zero attached hydrogens (tertiary/aromatic N) is 1. The molecule has 0 bridgehead atoms. The predicted molar refractivity (Wildman–Crippen MR) is 83.2 cm³/mol. The summed E-state index contributed by atoms with van der Waals surface area (Å²) < 4.78 is 0. The van der Waals surface area contributed by atoms with E-state index in [0.29, 0.717) is 24.4 Å². The summed E-state index contributed by atoms with van der Waals surface area (Å²) in [6.07, 6.45) is 2.29. The SMILES string of the molecule is CCC(CC)(C(=O)N1CCc2sccc2C1)C(N)=S. The summed E-state index contributed by atoms with van der Waals surface area (Å²) in [5.74, 6) is 0.0989. The van der Waals surface area contributed by atoms with Crippen molar-refractivity contribution in [3.63, 3.8) is 0 Å². The van der Waals surface area contributed by atoms with Crippen molar-refractivity contribution in [2.45, 2.75) is 39.7 Å². The summed E-state index contributed by atoms with van der Waals surface area (Å²) in [4.78, 5) is 16.5. The number of carbonyl (C=O) groups is 1. The van der Waals surface area contributed by atoms with Crippen molar-refractivity contribution < 1.29 is 4.79 Å². The fourth-order valence-electron chi connectivity index (χ4n) is 2.73. The van der Waals surface area contributed by atoms with E-state index in [4.69, 9.17) is 18.0 Å². The first-order valence-electron chi connectivity index (χ1n) is 6.69. The second-order valence-corrected chi connectivity index (χ2v) is 6.44. The number of carbonyl (C=O) groups excluding carboxylic acids is 1. The molecule has 0 atom stereocenters. The van der Waals surface area contributed by atoms with E-state index in [-0.39, 0.29) is 5.91 Å². The number of hydrogen-bond donors (Lipinski definition) is 1. The summed E-state index contributed by atoms with van der Waals surface area (Å²) in [7, 11) is 0. The molecule has 5 heteroatoms. The molecule has 1 aliphatic rings. The van der Waals surface area contributed by atoms with Crippen molar-refractivity contribution in [2.24, 2.45) is 11.1 Å². The van der Waals surface area contributed by atoms with Crippen LogP contribution in [0.3, 0.4) is 0 Å². The summed E-state index contributed by atoms with van der Waals surface area (Å²) in [5.41, 5.74) is 6.47. The number of rotatable bonds is 4. The Kier molecular flexibility index (Phi) is 4.26. The summed E-state index contributed by atoms with van der Waals surface area (Å²) in [5, 5.41) is 2.10. The zero-order valence-electron chi connectivity index (χ0n) is 11.4. The number of thiophene rings is 1. The lowest BCUT2D eigenvalue weighted by Crippen LogP contribution is -2.51. The smallest absolute Gasteiger partial charge is 0.235 e. The zero-order chi connectivity index (χ0) is 14.0. The lowest BCUT2D eigenvalue weighted by Gasteiger charge is -2.37. The highest BCUT2D eigenvalue weighted by Gasteiger charge is 2.41. The first kappa shape index (κ1) is 14.5. The second kappa shape index (κ2) is 5.59. The van der Waals surface area contributed by atoms with E-state index in [1.54, 1.807) is 11.3 Å². The van der Waals surface area contributed by atoms with Gasteiger partial charge in [-0.15, -0.1) is 11.3 Å². The van der Waals surface area contributed by atoms with Gasteiger partial charge in [0.1, 0.15) is 0 Å². The molecular weight excluding hydrogens is 276 g/mol. The number of amides is 1. The Balaban J connectivity index is 2.23. The van der Waals surface area contributed by atoms with Gasteiger partial charge in [-0.3, -0.25) is 4.79 Å². The van der Waals surface area contributed by atoms with E-state index in [1.807, 2.05) is 18.7 Å². The van der Waals surface area contributed by atoms with Crippen LogP contribution in [0.15, 0.2) is 11.4 Å². The zero-order valence-corrected chi connectivity index (χ0v) is 13.1. The highest BCUT2D eigenvalue weighted by Crippen LogP contribution is 2.33. The summed E-state index contributed by atoms with van der Waals surface area (Å²) in [6, 6.07) is 2.11. The maximum absolute atomic E-state index is 12.8. The Morgan fingerprint density at radius 3 is 2.79 bits per heavy atom. The van der Waals surface area contributed by atoms with Gasteiger partial charge in [0.25, 0.3) is 0 Å². The monoisotopic (exact) mass is 296 g/mol. The third-order valence-electron chi connectivity index (χ3n) is 4.18. The van der Waals surface area contributed by atoms with Crippen molar-refractivity contribution in [1.82, 2.24) is 4.90 Å². The molecule has 2 N–H and O–H groups in total. The molecule has 3 nitrogen and oxygen atoms in total. The Morgan fingerprint density at radius 1 is 1.53 bits per heavy atom. The fraction of sp³-hybridized carbons (Fsp3) is 0.571. The van der Waals surface area contributed by atoms with E-state index >= 15 is 0 Å². The molecule has 1 amide bonds. The minimum atomic E-state index is -0.664. The number of hydrogen-bond acceptors (Lipinski definition) is 3. The van der Waals surface area contributed by atoms with Gasteiger partial charge < -0.3 is 10.6 Å². The molecule has 0 spiro atoms. The van der Waals surface area contributed by atoms with Gasteiger partial charge in [-0.25, -0.2) is 0 Å². The average Bonchev–Trinajstić information content (AvgIpc) is 2.87. The molecule has 19 heavy (non-hydrogen) atoms. The van der Waals surface area contributed by atoms with Crippen LogP contribution < -0.4 is 5.73 Å². The molecule has 104 valence electrons. The largest absolute Gasteiger partial charge is 0.392 e. The molecule has 2 rings (SSSR count). The van der Waals surface area contributed by atoms with Crippen LogP contribution in [0.4, 0.5) is 0 Å². The van der Waals surface area contributed by atoms with Gasteiger partial charge in [0.05, 0.1) is 10.4 Å². The van der Waals surface area contributed by atoms with Crippen molar-refractivity contribution >= 4 is 34.5 Å². The molecule has 0 unspecified atom stereocenters. The van der Waals surface area contributed by atoms with Crippen LogP contribution >= 0.6 is 23.6 Å². The molecule has 0 aromatic carbocycles. The van der Waals surface area contributed by atoms with Gasteiger partial charge in [-0.2, -0.15) is 0 Å². The maximum Gasteiger partial charge on any atom is 0.235 e. The van der Waals surface area contributed by atoms with E-state index in [2.05, 4.69) is 11.4 Å². The highest BCUT2D eigenvalue weighted by atomic mass is 32.1. The third kappa shape index (κ3) is 2.41. The molecule has 2 heterocycles. The first-order valence-corrected chi connectivity index (χ1v) is 7.98. The molecule has 1 aromatic heterocycles. The minimum Gasteiger partial charge on any atom is -0.392 e. The van der Waals surface area contributed by atoms with Crippen LogP contribution in [0, 0.1) is 5.41 Å². The van der Waals surface area contributed by atoms with Crippen LogP contribution in [0.2, 0.25) is 0 Å². The predicted octanol–water partition coefficient (Wildman–Crippen LogP) is 2.73. The Hall–Kier alpha value is -0.940. The summed E-state index contributed by atoms with van der Waals surface area (Å²) in [6.45, 7) is 5.44. The first-order chi connectivity index (χ1) is 9.05. The van der Waals surface area contributed by atoms with Crippen LogP contribution in [0.1, 0.15) is 37.1 Å². The minimum absolute atomic E-state index is 0.0989. The topological polar surface area (TPSA) is 46.3 Å². The molecular formula is C14H20N2OS2. The fourth-order valence-corrected chi connectivity index (χ4v) is 4.00. The van der Waals surface area contributed by atoms with Gasteiger partial charge >= 0.3 is 0 Å². The van der Waals surface area contributed by atoms with Gasteiger partial charge in [0.2, 0.25) is 5.91 Å². The van der Waals surface area contributed by atoms with Gasteiger partial charge in [-0.05, 0) is 36.3 Å². The number of nitrogens with two attached hydrogens (primary N) is 1. The van der Waals surface area contributed by atoms with E-state index in [0.717, 1.165) is 13.0 Å². The quantitative estimate of drug-likeness (QED) is 0.869. The Bertz CT molecular complexity index is 491. The summed E-state index contributed by atoms with van der Waals surface area (Å²) >= 11 is 6.94. The van der Waals surface area contributed by atoms with Crippen LogP contribution in [0.25, 0.3) is 0 Å². The highest BCUT2D eigenvalue weighted by molar-refractivity contribution is 7.80. The van der Waals surface area contributed by atoms with E-state index < -0.39 is 5.41 Å². The molecule has 0 saturated carbocycles. The Labute approximate surface area is 123 Å². The average molecular weight is 296 g/mol. The molecule has 0 aliphatic carbocycles. The number of thiocarbonyl (C=S) groups is 1. The number of fused-ring (bicyclic) bond motifs is 1. The standard InChI is InChI=1S/C14H20N2OS2/c1-3-14(4-2,12(15)18)13(17)16-7-5-11-10(9-16)6-8-19-11/h6,8H,3-5,7,9H2,1-2H3,(H2,15,18). The molecule has 0 saturated heterocycles. The molecule has 1 aliphatic heterocycles. The second-order valence-electron chi connectivity index (χ2n) is 5.00. The third-order valence-corrected chi connectivity index (χ3v) is 5.60. The van der Waals surface area contributed by atoms with Crippen molar-refractivity contribution in [1.29, 1.82) is 0 Å². The maximum atomic E-state index is 12.8. The van der Waals surface area contributed by atoms with Crippen LogP contribution in [-0.4, -0.2) is 22.3 Å². The van der Waals surface area contributed by atoms with Crippen LogP contribution in [0.5, 0.6) is 0 Å². The van der Waals surface area contributed by atoms with Crippen LogP contribution in [-0.2, 0) is 17.8 Å². The molecule has 0 radical (unpaired) electrons. The van der Waals surface area contributed by atoms with E-state index in [9.17, 15) is 4.79 Å². The van der Waals surface area contributed by atoms with Gasteiger partial charge in [0.15, 0.2) is 0 Å². The van der Waals surface area contributed by atoms with Crippen molar-refractivity contribution in [3.8, 4) is 0 Å². The molecule has 1 aromatic rings. The Morgan fingerprint density at radius 2 is 2.21 bits per heavy atom. The lowest BCUT2D eigenvalue weighted by molar-refractivity contribution is -0.139. The van der Waals surface area contributed by atoms with Crippen molar-refractivity contribution in [3.05, 3.63) is 21.9 Å². The lowest BCUT2D eigenvalue weighted by atomic mass is 9.80. The van der Waals surface area contributed by atoms with Gasteiger partial charge in [-0.1, -0.05) is 26.1 Å². The van der Waals surface area contributed by atoms with Gasteiger partial charge in [0, 0.05) is 18.0 Å². The van der Waals surface area contributed by atoms with Crippen molar-refractivity contribution in [2.75, 3.05) is 6.54 Å². The van der Waals surface area contributed by atoms with E-state index in [1.165, 1.54) is 10.4 Å². The normalized spacial score (nSPS) is 15.2. The molecule has 0 fully saturated rings.